The van der Waals surface area contributed by atoms with Gasteiger partial charge in [-0.25, -0.2) is 0 Å². The lowest BCUT2D eigenvalue weighted by Gasteiger charge is -2.07. The summed E-state index contributed by atoms with van der Waals surface area (Å²) in [5, 5.41) is 6.85. The van der Waals surface area contributed by atoms with E-state index in [1.165, 1.54) is 0 Å². The van der Waals surface area contributed by atoms with Crippen LogP contribution in [0.15, 0.2) is 36.5 Å². The molecular formula is C13H16N4O. The van der Waals surface area contributed by atoms with Crippen LogP contribution in [0.5, 0.6) is 0 Å². The molecule has 1 aromatic carbocycles. The van der Waals surface area contributed by atoms with Gasteiger partial charge in [-0.15, -0.1) is 0 Å². The second-order valence-corrected chi connectivity index (χ2v) is 4.07. The van der Waals surface area contributed by atoms with E-state index in [9.17, 15) is 4.79 Å². The molecular weight excluding hydrogens is 228 g/mol. The fourth-order valence-corrected chi connectivity index (χ4v) is 1.77. The van der Waals surface area contributed by atoms with Gasteiger partial charge in [0.15, 0.2) is 5.82 Å². The summed E-state index contributed by atoms with van der Waals surface area (Å²) in [5.41, 5.74) is 7.58. The second kappa shape index (κ2) is 5.46. The number of carbonyl (C=O) groups excluding carboxylic acids is 1. The Balaban J connectivity index is 2.03. The number of anilines is 1. The molecule has 3 N–H and O–H groups in total. The van der Waals surface area contributed by atoms with Gasteiger partial charge in [0, 0.05) is 25.9 Å². The lowest BCUT2D eigenvalue weighted by atomic mass is 10.0. The van der Waals surface area contributed by atoms with E-state index in [1.807, 2.05) is 24.3 Å². The molecule has 0 aliphatic heterocycles. The van der Waals surface area contributed by atoms with Crippen LogP contribution in [0, 0.1) is 0 Å². The molecule has 18 heavy (non-hydrogen) atoms. The normalized spacial score (nSPS) is 10.3. The Morgan fingerprint density at radius 3 is 2.67 bits per heavy atom. The first kappa shape index (κ1) is 12.3. The quantitative estimate of drug-likeness (QED) is 0.844. The maximum atomic E-state index is 11.9. The number of nitrogens with two attached hydrogens (primary N) is 1. The van der Waals surface area contributed by atoms with Gasteiger partial charge < -0.3 is 11.1 Å². The van der Waals surface area contributed by atoms with Gasteiger partial charge >= 0.3 is 0 Å². The van der Waals surface area contributed by atoms with Crippen molar-refractivity contribution < 1.29 is 4.79 Å². The van der Waals surface area contributed by atoms with Crippen LogP contribution in [0.4, 0.5) is 5.82 Å². The Morgan fingerprint density at radius 2 is 2.06 bits per heavy atom. The molecule has 0 saturated heterocycles. The highest BCUT2D eigenvalue weighted by molar-refractivity contribution is 5.91. The molecule has 1 amide bonds. The molecule has 2 aromatic rings. The molecule has 0 spiro atoms. The maximum absolute atomic E-state index is 11.9. The summed E-state index contributed by atoms with van der Waals surface area (Å²) in [5.74, 6) is 0.474. The van der Waals surface area contributed by atoms with Gasteiger partial charge in [0.1, 0.15) is 0 Å². The largest absolute Gasteiger partial charge is 0.326 e. The first-order valence-electron chi connectivity index (χ1n) is 5.75. The van der Waals surface area contributed by atoms with Crippen LogP contribution >= 0.6 is 0 Å². The third kappa shape index (κ3) is 2.95. The van der Waals surface area contributed by atoms with Crippen LogP contribution in [0.1, 0.15) is 11.1 Å². The topological polar surface area (TPSA) is 72.9 Å². The van der Waals surface area contributed by atoms with Crippen molar-refractivity contribution in [1.29, 1.82) is 0 Å². The summed E-state index contributed by atoms with van der Waals surface area (Å²) in [6.45, 7) is 0.438. The number of benzene rings is 1. The van der Waals surface area contributed by atoms with Gasteiger partial charge in [-0.05, 0) is 11.1 Å². The molecule has 94 valence electrons. The fourth-order valence-electron chi connectivity index (χ4n) is 1.77. The smallest absolute Gasteiger partial charge is 0.230 e. The molecule has 0 aliphatic carbocycles. The number of aryl methyl sites for hydroxylation is 1. The lowest BCUT2D eigenvalue weighted by molar-refractivity contribution is -0.115. The molecule has 5 nitrogen and oxygen atoms in total. The predicted octanol–water partition coefficient (Wildman–Crippen LogP) is 1.06. The molecule has 0 fully saturated rings. The van der Waals surface area contributed by atoms with Crippen molar-refractivity contribution in [3.63, 3.8) is 0 Å². The van der Waals surface area contributed by atoms with Gasteiger partial charge in [-0.1, -0.05) is 24.3 Å². The van der Waals surface area contributed by atoms with Crippen LogP contribution in [-0.4, -0.2) is 15.7 Å². The summed E-state index contributed by atoms with van der Waals surface area (Å²) in [4.78, 5) is 11.9. The third-order valence-corrected chi connectivity index (χ3v) is 2.67. The number of aromatic nitrogens is 2. The molecule has 0 aliphatic rings. The summed E-state index contributed by atoms with van der Waals surface area (Å²) in [6.07, 6.45) is 2.09. The standard InChI is InChI=1S/C13H16N4O/c1-17-7-6-12(16-17)15-13(18)8-10-4-2-3-5-11(10)9-14/h2-7H,8-9,14H2,1H3,(H,15,16,18). The Kier molecular flexibility index (Phi) is 3.74. The zero-order valence-corrected chi connectivity index (χ0v) is 10.3. The lowest BCUT2D eigenvalue weighted by Crippen LogP contribution is -2.16. The van der Waals surface area contributed by atoms with E-state index in [2.05, 4.69) is 10.4 Å². The Labute approximate surface area is 106 Å². The molecule has 2 rings (SSSR count). The molecule has 0 saturated carbocycles. The van der Waals surface area contributed by atoms with E-state index in [0.717, 1.165) is 11.1 Å². The number of nitrogens with one attached hydrogen (secondary N) is 1. The van der Waals surface area contributed by atoms with Crippen molar-refractivity contribution in [2.45, 2.75) is 13.0 Å². The number of amides is 1. The monoisotopic (exact) mass is 244 g/mol. The average molecular weight is 244 g/mol. The Morgan fingerprint density at radius 1 is 1.33 bits per heavy atom. The fraction of sp³-hybridized carbons (Fsp3) is 0.231. The minimum atomic E-state index is -0.0883. The van der Waals surface area contributed by atoms with Gasteiger partial charge in [0.25, 0.3) is 0 Å². The minimum Gasteiger partial charge on any atom is -0.326 e. The number of rotatable bonds is 4. The molecule has 0 atom stereocenters. The second-order valence-electron chi connectivity index (χ2n) is 4.07. The van der Waals surface area contributed by atoms with E-state index in [0.29, 0.717) is 18.8 Å². The number of hydrogen-bond acceptors (Lipinski definition) is 3. The summed E-state index contributed by atoms with van der Waals surface area (Å²) in [7, 11) is 1.80. The number of carbonyl (C=O) groups is 1. The molecule has 5 heteroatoms. The van der Waals surface area contributed by atoms with Crippen LogP contribution in [-0.2, 0) is 24.8 Å². The van der Waals surface area contributed by atoms with Crippen molar-refractivity contribution in [2.24, 2.45) is 12.8 Å². The maximum Gasteiger partial charge on any atom is 0.230 e. The van der Waals surface area contributed by atoms with Gasteiger partial charge in [-0.3, -0.25) is 9.48 Å². The molecule has 0 bridgehead atoms. The van der Waals surface area contributed by atoms with Crippen LogP contribution in [0.2, 0.25) is 0 Å². The highest BCUT2D eigenvalue weighted by Crippen LogP contribution is 2.10. The highest BCUT2D eigenvalue weighted by Gasteiger charge is 2.08. The summed E-state index contributed by atoms with van der Waals surface area (Å²) >= 11 is 0. The van der Waals surface area contributed by atoms with E-state index in [4.69, 9.17) is 5.73 Å². The van der Waals surface area contributed by atoms with Gasteiger partial charge in [0.2, 0.25) is 5.91 Å². The van der Waals surface area contributed by atoms with E-state index in [-0.39, 0.29) is 5.91 Å². The summed E-state index contributed by atoms with van der Waals surface area (Å²) in [6, 6.07) is 9.43. The molecule has 0 unspecified atom stereocenters. The van der Waals surface area contributed by atoms with Crippen LogP contribution in [0.3, 0.4) is 0 Å². The van der Waals surface area contributed by atoms with Crippen molar-refractivity contribution >= 4 is 11.7 Å². The van der Waals surface area contributed by atoms with Gasteiger partial charge in [0.05, 0.1) is 6.42 Å². The van der Waals surface area contributed by atoms with Crippen molar-refractivity contribution in [2.75, 3.05) is 5.32 Å². The molecule has 1 aromatic heterocycles. The first-order valence-corrected chi connectivity index (χ1v) is 5.75. The van der Waals surface area contributed by atoms with E-state index in [1.54, 1.807) is 24.0 Å². The van der Waals surface area contributed by atoms with Crippen molar-refractivity contribution in [3.8, 4) is 0 Å². The molecule has 0 radical (unpaired) electrons. The van der Waals surface area contributed by atoms with E-state index < -0.39 is 0 Å². The van der Waals surface area contributed by atoms with Crippen molar-refractivity contribution in [3.05, 3.63) is 47.7 Å². The minimum absolute atomic E-state index is 0.0883. The first-order chi connectivity index (χ1) is 8.69. The average Bonchev–Trinajstić information content (AvgIpc) is 2.75. The SMILES string of the molecule is Cn1ccc(NC(=O)Cc2ccccc2CN)n1. The summed E-state index contributed by atoms with van der Waals surface area (Å²) < 4.78 is 1.64. The Bertz CT molecular complexity index is 547. The number of nitrogens with zero attached hydrogens (tertiary/aromatic N) is 2. The third-order valence-electron chi connectivity index (χ3n) is 2.67. The van der Waals surface area contributed by atoms with E-state index >= 15 is 0 Å². The molecule has 1 heterocycles. The van der Waals surface area contributed by atoms with Crippen LogP contribution < -0.4 is 11.1 Å². The van der Waals surface area contributed by atoms with Crippen LogP contribution in [0.25, 0.3) is 0 Å². The van der Waals surface area contributed by atoms with Crippen molar-refractivity contribution in [1.82, 2.24) is 9.78 Å². The predicted molar refractivity (Wildman–Crippen MR) is 69.9 cm³/mol. The zero-order chi connectivity index (χ0) is 13.0. The zero-order valence-electron chi connectivity index (χ0n) is 10.3. The number of hydrogen-bond donors (Lipinski definition) is 2. The Hall–Kier alpha value is -2.14. The highest BCUT2D eigenvalue weighted by atomic mass is 16.1. The van der Waals surface area contributed by atoms with Gasteiger partial charge in [-0.2, -0.15) is 5.10 Å².